The van der Waals surface area contributed by atoms with Crippen LogP contribution in [0.4, 0.5) is 0 Å². The standard InChI is InChI=1S/C12H9N3O/c16-9-3-1-2-8(4-9)10-5-13-6-11-12(10)15-7-14-11/h1-7,16H,(H,14,15). The summed E-state index contributed by atoms with van der Waals surface area (Å²) in [6.07, 6.45) is 5.12. The molecule has 1 aromatic carbocycles. The first-order chi connectivity index (χ1) is 7.84. The fourth-order valence-electron chi connectivity index (χ4n) is 1.75. The Hall–Kier alpha value is -2.36. The quantitative estimate of drug-likeness (QED) is 0.649. The van der Waals surface area contributed by atoms with Crippen LogP contribution in [0.15, 0.2) is 43.0 Å². The van der Waals surface area contributed by atoms with Crippen molar-refractivity contribution in [3.05, 3.63) is 43.0 Å². The minimum absolute atomic E-state index is 0.241. The van der Waals surface area contributed by atoms with Gasteiger partial charge in [0.15, 0.2) is 0 Å². The van der Waals surface area contributed by atoms with Gasteiger partial charge in [0.05, 0.1) is 23.6 Å². The van der Waals surface area contributed by atoms with Crippen molar-refractivity contribution in [1.29, 1.82) is 0 Å². The third-order valence-corrected chi connectivity index (χ3v) is 2.49. The predicted molar refractivity (Wildman–Crippen MR) is 61.0 cm³/mol. The summed E-state index contributed by atoms with van der Waals surface area (Å²) in [5, 5.41) is 9.45. The van der Waals surface area contributed by atoms with E-state index in [1.807, 2.05) is 6.07 Å². The number of phenols is 1. The van der Waals surface area contributed by atoms with Gasteiger partial charge in [-0.25, -0.2) is 4.98 Å². The lowest BCUT2D eigenvalue weighted by Crippen LogP contribution is -1.82. The number of aromatic nitrogens is 3. The summed E-state index contributed by atoms with van der Waals surface area (Å²) in [6.45, 7) is 0. The minimum atomic E-state index is 0.241. The van der Waals surface area contributed by atoms with E-state index in [1.165, 1.54) is 0 Å². The summed E-state index contributed by atoms with van der Waals surface area (Å²) < 4.78 is 0. The summed E-state index contributed by atoms with van der Waals surface area (Å²) in [4.78, 5) is 11.4. The van der Waals surface area contributed by atoms with Gasteiger partial charge >= 0.3 is 0 Å². The van der Waals surface area contributed by atoms with Crippen molar-refractivity contribution in [3.8, 4) is 16.9 Å². The third kappa shape index (κ3) is 1.32. The number of hydrogen-bond acceptors (Lipinski definition) is 3. The fraction of sp³-hybridized carbons (Fsp3) is 0. The van der Waals surface area contributed by atoms with Gasteiger partial charge in [-0.05, 0) is 17.7 Å². The van der Waals surface area contributed by atoms with E-state index in [0.29, 0.717) is 0 Å². The normalized spacial score (nSPS) is 10.8. The third-order valence-electron chi connectivity index (χ3n) is 2.49. The number of imidazole rings is 1. The summed E-state index contributed by atoms with van der Waals surface area (Å²) in [5.41, 5.74) is 3.57. The molecular formula is C12H9N3O. The Balaban J connectivity index is 2.29. The number of fused-ring (bicyclic) bond motifs is 1. The van der Waals surface area contributed by atoms with Gasteiger partial charge in [0, 0.05) is 11.8 Å². The van der Waals surface area contributed by atoms with E-state index in [0.717, 1.165) is 22.2 Å². The molecule has 4 nitrogen and oxygen atoms in total. The molecule has 78 valence electrons. The molecule has 0 aliphatic heterocycles. The SMILES string of the molecule is Oc1cccc(-c2cncc3[nH]cnc23)c1. The highest BCUT2D eigenvalue weighted by molar-refractivity contribution is 5.90. The molecular weight excluding hydrogens is 202 g/mol. The zero-order chi connectivity index (χ0) is 11.0. The molecule has 0 bridgehead atoms. The number of hydrogen-bond donors (Lipinski definition) is 2. The van der Waals surface area contributed by atoms with Crippen molar-refractivity contribution in [2.75, 3.05) is 0 Å². The van der Waals surface area contributed by atoms with Crippen molar-refractivity contribution in [1.82, 2.24) is 15.0 Å². The van der Waals surface area contributed by atoms with E-state index in [2.05, 4.69) is 15.0 Å². The second-order valence-electron chi connectivity index (χ2n) is 3.54. The van der Waals surface area contributed by atoms with Crippen molar-refractivity contribution in [3.63, 3.8) is 0 Å². The summed E-state index contributed by atoms with van der Waals surface area (Å²) in [6, 6.07) is 7.06. The number of nitrogens with one attached hydrogen (secondary N) is 1. The maximum Gasteiger partial charge on any atom is 0.116 e. The Morgan fingerprint density at radius 2 is 2.12 bits per heavy atom. The van der Waals surface area contributed by atoms with Crippen LogP contribution >= 0.6 is 0 Å². The first-order valence-corrected chi connectivity index (χ1v) is 4.91. The Morgan fingerprint density at radius 1 is 1.19 bits per heavy atom. The largest absolute Gasteiger partial charge is 0.508 e. The van der Waals surface area contributed by atoms with Gasteiger partial charge in [-0.1, -0.05) is 12.1 Å². The van der Waals surface area contributed by atoms with Gasteiger partial charge in [0.25, 0.3) is 0 Å². The highest BCUT2D eigenvalue weighted by Gasteiger charge is 2.06. The number of aromatic hydroxyl groups is 1. The van der Waals surface area contributed by atoms with Crippen molar-refractivity contribution < 1.29 is 5.11 Å². The molecule has 0 aliphatic rings. The van der Waals surface area contributed by atoms with Gasteiger partial charge in [0.2, 0.25) is 0 Å². The molecule has 0 atom stereocenters. The average molecular weight is 211 g/mol. The summed E-state index contributed by atoms with van der Waals surface area (Å²) in [5.74, 6) is 0.241. The van der Waals surface area contributed by atoms with Crippen LogP contribution < -0.4 is 0 Å². The molecule has 0 unspecified atom stereocenters. The van der Waals surface area contributed by atoms with Gasteiger partial charge < -0.3 is 10.1 Å². The van der Waals surface area contributed by atoms with Crippen LogP contribution in [0.1, 0.15) is 0 Å². The van der Waals surface area contributed by atoms with Crippen molar-refractivity contribution >= 4 is 11.0 Å². The number of phenolic OH excluding ortho intramolecular Hbond substituents is 1. The zero-order valence-corrected chi connectivity index (χ0v) is 8.38. The zero-order valence-electron chi connectivity index (χ0n) is 8.38. The summed E-state index contributed by atoms with van der Waals surface area (Å²) >= 11 is 0. The number of aromatic amines is 1. The predicted octanol–water partition coefficient (Wildman–Crippen LogP) is 2.33. The minimum Gasteiger partial charge on any atom is -0.508 e. The summed E-state index contributed by atoms with van der Waals surface area (Å²) in [7, 11) is 0. The first kappa shape index (κ1) is 8.91. The molecule has 0 saturated heterocycles. The molecule has 4 heteroatoms. The molecule has 0 saturated carbocycles. The highest BCUT2D eigenvalue weighted by Crippen LogP contribution is 2.27. The van der Waals surface area contributed by atoms with Crippen LogP contribution in [0.25, 0.3) is 22.2 Å². The lowest BCUT2D eigenvalue weighted by molar-refractivity contribution is 0.475. The molecule has 2 heterocycles. The molecule has 3 aromatic rings. The average Bonchev–Trinajstić information content (AvgIpc) is 2.76. The Bertz CT molecular complexity index is 645. The van der Waals surface area contributed by atoms with E-state index >= 15 is 0 Å². The van der Waals surface area contributed by atoms with E-state index in [4.69, 9.17) is 0 Å². The van der Waals surface area contributed by atoms with Crippen LogP contribution in [0.2, 0.25) is 0 Å². The number of pyridine rings is 1. The molecule has 16 heavy (non-hydrogen) atoms. The fourth-order valence-corrected chi connectivity index (χ4v) is 1.75. The van der Waals surface area contributed by atoms with E-state index in [1.54, 1.807) is 36.9 Å². The molecule has 0 fully saturated rings. The highest BCUT2D eigenvalue weighted by atomic mass is 16.3. The van der Waals surface area contributed by atoms with Gasteiger partial charge in [-0.2, -0.15) is 0 Å². The number of benzene rings is 1. The Morgan fingerprint density at radius 3 is 3.00 bits per heavy atom. The Kier molecular flexibility index (Phi) is 1.86. The van der Waals surface area contributed by atoms with Gasteiger partial charge in [-0.15, -0.1) is 0 Å². The number of nitrogens with zero attached hydrogens (tertiary/aromatic N) is 2. The molecule has 2 aromatic heterocycles. The first-order valence-electron chi connectivity index (χ1n) is 4.91. The van der Waals surface area contributed by atoms with Gasteiger partial charge in [-0.3, -0.25) is 4.98 Å². The van der Waals surface area contributed by atoms with E-state index in [-0.39, 0.29) is 5.75 Å². The second kappa shape index (κ2) is 3.34. The van der Waals surface area contributed by atoms with E-state index in [9.17, 15) is 5.11 Å². The lowest BCUT2D eigenvalue weighted by atomic mass is 10.1. The van der Waals surface area contributed by atoms with E-state index < -0.39 is 0 Å². The van der Waals surface area contributed by atoms with Crippen molar-refractivity contribution in [2.24, 2.45) is 0 Å². The Labute approximate surface area is 91.6 Å². The molecule has 0 spiro atoms. The second-order valence-corrected chi connectivity index (χ2v) is 3.54. The maximum absolute atomic E-state index is 9.45. The molecule has 0 aliphatic carbocycles. The van der Waals surface area contributed by atoms with Crippen LogP contribution in [-0.2, 0) is 0 Å². The smallest absolute Gasteiger partial charge is 0.116 e. The monoisotopic (exact) mass is 211 g/mol. The topological polar surface area (TPSA) is 61.8 Å². The van der Waals surface area contributed by atoms with Crippen LogP contribution in [0.5, 0.6) is 5.75 Å². The number of rotatable bonds is 1. The molecule has 0 amide bonds. The van der Waals surface area contributed by atoms with Crippen LogP contribution in [0, 0.1) is 0 Å². The van der Waals surface area contributed by atoms with Crippen LogP contribution in [-0.4, -0.2) is 20.1 Å². The molecule has 3 rings (SSSR count). The van der Waals surface area contributed by atoms with Gasteiger partial charge in [0.1, 0.15) is 5.75 Å². The number of H-pyrrole nitrogens is 1. The maximum atomic E-state index is 9.45. The van der Waals surface area contributed by atoms with Crippen LogP contribution in [0.3, 0.4) is 0 Å². The van der Waals surface area contributed by atoms with Crippen molar-refractivity contribution in [2.45, 2.75) is 0 Å². The lowest BCUT2D eigenvalue weighted by Gasteiger charge is -2.02. The molecule has 0 radical (unpaired) electrons. The molecule has 2 N–H and O–H groups in total.